The first kappa shape index (κ1) is 16.2. The minimum Gasteiger partial charge on any atom is -0.379 e. The Kier molecular flexibility index (Phi) is 5.86. The number of morpholine rings is 1. The van der Waals surface area contributed by atoms with E-state index in [0.29, 0.717) is 0 Å². The van der Waals surface area contributed by atoms with E-state index in [9.17, 15) is 0 Å². The van der Waals surface area contributed by atoms with Crippen molar-refractivity contribution in [1.82, 2.24) is 9.88 Å². The molecular formula is C18H22ClN3O. The van der Waals surface area contributed by atoms with Gasteiger partial charge in [-0.2, -0.15) is 0 Å². The highest BCUT2D eigenvalue weighted by Gasteiger charge is 2.13. The average Bonchev–Trinajstić information content (AvgIpc) is 2.60. The van der Waals surface area contributed by atoms with E-state index in [4.69, 9.17) is 16.3 Å². The second-order valence-corrected chi connectivity index (χ2v) is 6.08. The molecule has 1 aromatic carbocycles. The fourth-order valence-corrected chi connectivity index (χ4v) is 3.04. The third kappa shape index (κ3) is 4.67. The Balaban J connectivity index is 1.68. The van der Waals surface area contributed by atoms with Crippen molar-refractivity contribution in [2.75, 3.05) is 44.3 Å². The summed E-state index contributed by atoms with van der Waals surface area (Å²) in [7, 11) is 0. The molecule has 0 saturated carbocycles. The lowest BCUT2D eigenvalue weighted by Crippen LogP contribution is -2.37. The number of hydrogen-bond acceptors (Lipinski definition) is 4. The predicted octanol–water partition coefficient (Wildman–Crippen LogP) is 3.60. The molecule has 4 nitrogen and oxygen atoms in total. The maximum atomic E-state index is 6.17. The molecule has 23 heavy (non-hydrogen) atoms. The molecule has 122 valence electrons. The summed E-state index contributed by atoms with van der Waals surface area (Å²) in [5.41, 5.74) is 2.26. The van der Waals surface area contributed by atoms with Gasteiger partial charge in [0.25, 0.3) is 0 Å². The SMILES string of the molecule is Clc1cccc(N(CCCN2CCOCC2)c2ccncc2)c1. The number of pyridine rings is 1. The van der Waals surface area contributed by atoms with Crippen molar-refractivity contribution in [3.63, 3.8) is 0 Å². The minimum atomic E-state index is 0.759. The van der Waals surface area contributed by atoms with Crippen LogP contribution in [0.25, 0.3) is 0 Å². The van der Waals surface area contributed by atoms with Gasteiger partial charge in [0, 0.05) is 55.0 Å². The summed E-state index contributed by atoms with van der Waals surface area (Å²) in [6.45, 7) is 5.80. The maximum absolute atomic E-state index is 6.17. The van der Waals surface area contributed by atoms with Gasteiger partial charge in [-0.15, -0.1) is 0 Å². The maximum Gasteiger partial charge on any atom is 0.0594 e. The van der Waals surface area contributed by atoms with E-state index in [1.807, 2.05) is 42.7 Å². The van der Waals surface area contributed by atoms with E-state index in [2.05, 4.69) is 20.9 Å². The van der Waals surface area contributed by atoms with E-state index in [1.54, 1.807) is 0 Å². The molecule has 2 heterocycles. The van der Waals surface area contributed by atoms with Gasteiger partial charge in [0.2, 0.25) is 0 Å². The first-order chi connectivity index (χ1) is 11.3. The number of anilines is 2. The largest absolute Gasteiger partial charge is 0.379 e. The highest BCUT2D eigenvalue weighted by Crippen LogP contribution is 2.27. The zero-order valence-corrected chi connectivity index (χ0v) is 14.0. The van der Waals surface area contributed by atoms with Crippen LogP contribution >= 0.6 is 11.6 Å². The standard InChI is InChI=1S/C18H22ClN3O/c19-16-3-1-4-18(15-16)22(17-5-7-20-8-6-17)10-2-9-21-11-13-23-14-12-21/h1,3-8,15H,2,9-14H2. The molecule has 0 bridgehead atoms. The van der Waals surface area contributed by atoms with Crippen molar-refractivity contribution in [3.8, 4) is 0 Å². The first-order valence-electron chi connectivity index (χ1n) is 8.06. The summed E-state index contributed by atoms with van der Waals surface area (Å²) in [5, 5.41) is 0.759. The molecule has 0 aliphatic carbocycles. The summed E-state index contributed by atoms with van der Waals surface area (Å²) in [6, 6.07) is 12.1. The van der Waals surface area contributed by atoms with E-state index >= 15 is 0 Å². The van der Waals surface area contributed by atoms with Crippen LogP contribution in [-0.2, 0) is 4.74 Å². The van der Waals surface area contributed by atoms with Crippen LogP contribution in [0, 0.1) is 0 Å². The van der Waals surface area contributed by atoms with Crippen LogP contribution in [0.2, 0.25) is 5.02 Å². The molecule has 0 atom stereocenters. The van der Waals surface area contributed by atoms with E-state index < -0.39 is 0 Å². The van der Waals surface area contributed by atoms with Gasteiger partial charge in [-0.1, -0.05) is 17.7 Å². The van der Waals surface area contributed by atoms with Crippen molar-refractivity contribution in [2.24, 2.45) is 0 Å². The molecule has 0 N–H and O–H groups in total. The lowest BCUT2D eigenvalue weighted by molar-refractivity contribution is 0.0377. The Morgan fingerprint density at radius 2 is 1.87 bits per heavy atom. The quantitative estimate of drug-likeness (QED) is 0.808. The molecule has 1 saturated heterocycles. The zero-order valence-electron chi connectivity index (χ0n) is 13.2. The van der Waals surface area contributed by atoms with Crippen LogP contribution in [-0.4, -0.2) is 49.3 Å². The first-order valence-corrected chi connectivity index (χ1v) is 8.44. The Bertz CT molecular complexity index is 602. The average molecular weight is 332 g/mol. The van der Waals surface area contributed by atoms with Gasteiger partial charge in [-0.3, -0.25) is 9.88 Å². The van der Waals surface area contributed by atoms with Gasteiger partial charge in [-0.25, -0.2) is 0 Å². The van der Waals surface area contributed by atoms with Crippen molar-refractivity contribution in [2.45, 2.75) is 6.42 Å². The minimum absolute atomic E-state index is 0.759. The van der Waals surface area contributed by atoms with Gasteiger partial charge in [0.05, 0.1) is 13.2 Å². The fraction of sp³-hybridized carbons (Fsp3) is 0.389. The normalized spacial score (nSPS) is 15.5. The third-order valence-electron chi connectivity index (χ3n) is 4.05. The molecule has 0 unspecified atom stereocenters. The Hall–Kier alpha value is -1.62. The highest BCUT2D eigenvalue weighted by molar-refractivity contribution is 6.30. The predicted molar refractivity (Wildman–Crippen MR) is 94.6 cm³/mol. The van der Waals surface area contributed by atoms with Crippen molar-refractivity contribution in [1.29, 1.82) is 0 Å². The Morgan fingerprint density at radius 1 is 1.09 bits per heavy atom. The molecule has 1 fully saturated rings. The molecule has 5 heteroatoms. The van der Waals surface area contributed by atoms with Crippen LogP contribution in [0.4, 0.5) is 11.4 Å². The number of nitrogens with zero attached hydrogens (tertiary/aromatic N) is 3. The number of rotatable bonds is 6. The highest BCUT2D eigenvalue weighted by atomic mass is 35.5. The van der Waals surface area contributed by atoms with Gasteiger partial charge < -0.3 is 9.64 Å². The molecule has 0 spiro atoms. The van der Waals surface area contributed by atoms with Gasteiger partial charge in [-0.05, 0) is 36.8 Å². The van der Waals surface area contributed by atoms with E-state index in [-0.39, 0.29) is 0 Å². The van der Waals surface area contributed by atoms with Crippen LogP contribution < -0.4 is 4.90 Å². The van der Waals surface area contributed by atoms with Crippen LogP contribution in [0.15, 0.2) is 48.8 Å². The molecule has 0 radical (unpaired) electrons. The van der Waals surface area contributed by atoms with Crippen molar-refractivity contribution in [3.05, 3.63) is 53.8 Å². The Labute approximate surface area is 142 Å². The number of halogens is 1. The van der Waals surface area contributed by atoms with E-state index in [0.717, 1.165) is 62.2 Å². The van der Waals surface area contributed by atoms with Crippen LogP contribution in [0.1, 0.15) is 6.42 Å². The fourth-order valence-electron chi connectivity index (χ4n) is 2.85. The van der Waals surface area contributed by atoms with Crippen LogP contribution in [0.3, 0.4) is 0 Å². The smallest absolute Gasteiger partial charge is 0.0594 e. The lowest BCUT2D eigenvalue weighted by atomic mass is 10.2. The lowest BCUT2D eigenvalue weighted by Gasteiger charge is -2.29. The molecule has 1 aliphatic heterocycles. The number of benzene rings is 1. The molecule has 2 aromatic rings. The van der Waals surface area contributed by atoms with Crippen molar-refractivity contribution < 1.29 is 4.74 Å². The zero-order chi connectivity index (χ0) is 15.9. The Morgan fingerprint density at radius 3 is 2.61 bits per heavy atom. The molecule has 0 amide bonds. The molecule has 1 aliphatic rings. The number of aromatic nitrogens is 1. The topological polar surface area (TPSA) is 28.6 Å². The van der Waals surface area contributed by atoms with Crippen LogP contribution in [0.5, 0.6) is 0 Å². The second kappa shape index (κ2) is 8.29. The van der Waals surface area contributed by atoms with Gasteiger partial charge in [0.1, 0.15) is 0 Å². The summed E-state index contributed by atoms with van der Waals surface area (Å²) < 4.78 is 5.41. The van der Waals surface area contributed by atoms with Gasteiger partial charge >= 0.3 is 0 Å². The third-order valence-corrected chi connectivity index (χ3v) is 4.29. The summed E-state index contributed by atoms with van der Waals surface area (Å²) in [4.78, 5) is 8.88. The van der Waals surface area contributed by atoms with Gasteiger partial charge in [0.15, 0.2) is 0 Å². The monoisotopic (exact) mass is 331 g/mol. The summed E-state index contributed by atoms with van der Waals surface area (Å²) >= 11 is 6.17. The van der Waals surface area contributed by atoms with E-state index in [1.165, 1.54) is 0 Å². The molecule has 1 aromatic heterocycles. The molecular weight excluding hydrogens is 310 g/mol. The number of ether oxygens (including phenoxy) is 1. The van der Waals surface area contributed by atoms with Crippen molar-refractivity contribution >= 4 is 23.0 Å². The summed E-state index contributed by atoms with van der Waals surface area (Å²) in [6.07, 6.45) is 4.75. The second-order valence-electron chi connectivity index (χ2n) is 5.64. The summed E-state index contributed by atoms with van der Waals surface area (Å²) in [5.74, 6) is 0. The molecule has 3 rings (SSSR count). The number of hydrogen-bond donors (Lipinski definition) is 0.